The van der Waals surface area contributed by atoms with Crippen molar-refractivity contribution in [3.05, 3.63) is 71.2 Å². The van der Waals surface area contributed by atoms with Gasteiger partial charge in [0, 0.05) is 35.5 Å². The maximum Gasteiger partial charge on any atom is 0.416 e. The zero-order valence-corrected chi connectivity index (χ0v) is 17.7. The molecule has 4 aromatic rings. The second-order valence-electron chi connectivity index (χ2n) is 7.51. The van der Waals surface area contributed by atoms with Crippen molar-refractivity contribution in [2.24, 2.45) is 0 Å². The molecule has 0 aliphatic rings. The number of aryl methyl sites for hydroxylation is 1. The van der Waals surface area contributed by atoms with E-state index in [1.807, 2.05) is 13.0 Å². The van der Waals surface area contributed by atoms with Crippen molar-refractivity contribution in [3.63, 3.8) is 0 Å². The summed E-state index contributed by atoms with van der Waals surface area (Å²) in [6.07, 6.45) is -1.79. The predicted octanol–water partition coefficient (Wildman–Crippen LogP) is 5.65. The number of aromatic nitrogens is 2. The van der Waals surface area contributed by atoms with Gasteiger partial charge < -0.3 is 19.2 Å². The molecule has 0 unspecified atom stereocenters. The van der Waals surface area contributed by atoms with E-state index in [0.717, 1.165) is 23.0 Å². The molecule has 4 rings (SSSR count). The highest BCUT2D eigenvalue weighted by Gasteiger charge is 2.30. The Hall–Kier alpha value is -3.75. The van der Waals surface area contributed by atoms with E-state index in [9.17, 15) is 18.0 Å². The number of benzene rings is 2. The van der Waals surface area contributed by atoms with Crippen molar-refractivity contribution in [3.8, 4) is 17.2 Å². The minimum Gasteiger partial charge on any atom is -0.493 e. The van der Waals surface area contributed by atoms with E-state index in [1.165, 1.54) is 12.1 Å². The second kappa shape index (κ2) is 9.01. The first-order valence-corrected chi connectivity index (χ1v) is 10.4. The fourth-order valence-electron chi connectivity index (χ4n) is 3.60. The Labute approximate surface area is 187 Å². The van der Waals surface area contributed by atoms with Crippen LogP contribution in [0.15, 0.2) is 53.1 Å². The van der Waals surface area contributed by atoms with Crippen LogP contribution in [0.5, 0.6) is 5.75 Å². The molecular formula is C24H21F3N2O4. The molecule has 0 bridgehead atoms. The molecule has 2 aromatic carbocycles. The summed E-state index contributed by atoms with van der Waals surface area (Å²) < 4.78 is 50.0. The van der Waals surface area contributed by atoms with Gasteiger partial charge in [-0.1, -0.05) is 6.92 Å². The Morgan fingerprint density at radius 3 is 2.61 bits per heavy atom. The van der Waals surface area contributed by atoms with Crippen LogP contribution in [0.2, 0.25) is 0 Å². The van der Waals surface area contributed by atoms with E-state index in [-0.39, 0.29) is 12.3 Å². The third-order valence-electron chi connectivity index (χ3n) is 5.25. The van der Waals surface area contributed by atoms with E-state index in [0.29, 0.717) is 47.8 Å². The smallest absolute Gasteiger partial charge is 0.416 e. The molecule has 6 nitrogen and oxygen atoms in total. The molecule has 2 aromatic heterocycles. The summed E-state index contributed by atoms with van der Waals surface area (Å²) in [5.74, 6) is 0.600. The van der Waals surface area contributed by atoms with E-state index < -0.39 is 17.7 Å². The van der Waals surface area contributed by atoms with Gasteiger partial charge in [-0.25, -0.2) is 4.98 Å². The van der Waals surface area contributed by atoms with E-state index >= 15 is 0 Å². The van der Waals surface area contributed by atoms with Crippen LogP contribution in [0.4, 0.5) is 13.2 Å². The minimum absolute atomic E-state index is 0.0883. The quantitative estimate of drug-likeness (QED) is 0.356. The van der Waals surface area contributed by atoms with Gasteiger partial charge in [0.1, 0.15) is 11.5 Å². The van der Waals surface area contributed by atoms with Crippen molar-refractivity contribution in [2.75, 3.05) is 6.61 Å². The number of H-pyrrole nitrogens is 1. The number of hydrogen-bond donors (Lipinski definition) is 2. The Morgan fingerprint density at radius 2 is 1.94 bits per heavy atom. The maximum absolute atomic E-state index is 12.8. The molecule has 0 saturated carbocycles. The number of halogens is 3. The fourth-order valence-corrected chi connectivity index (χ4v) is 3.60. The largest absolute Gasteiger partial charge is 0.493 e. The number of alkyl halides is 3. The summed E-state index contributed by atoms with van der Waals surface area (Å²) in [6.45, 7) is 2.21. The highest BCUT2D eigenvalue weighted by Crippen LogP contribution is 2.31. The molecule has 0 atom stereocenters. The summed E-state index contributed by atoms with van der Waals surface area (Å²) in [4.78, 5) is 18.5. The summed E-state index contributed by atoms with van der Waals surface area (Å²) in [5.41, 5.74) is 1.92. The highest BCUT2D eigenvalue weighted by molar-refractivity contribution is 5.88. The Balaban J connectivity index is 1.45. The van der Waals surface area contributed by atoms with E-state index in [1.54, 1.807) is 18.3 Å². The molecule has 9 heteroatoms. The molecule has 2 heterocycles. The average Bonchev–Trinajstić information content (AvgIpc) is 3.37. The third-order valence-corrected chi connectivity index (χ3v) is 5.25. The number of aromatic amines is 1. The van der Waals surface area contributed by atoms with Crippen molar-refractivity contribution >= 4 is 16.9 Å². The topological polar surface area (TPSA) is 88.4 Å². The number of nitrogens with one attached hydrogen (secondary N) is 1. The van der Waals surface area contributed by atoms with Crippen LogP contribution >= 0.6 is 0 Å². The summed E-state index contributed by atoms with van der Waals surface area (Å²) >= 11 is 0. The fraction of sp³-hybridized carbons (Fsp3) is 0.250. The average molecular weight is 458 g/mol. The SMILES string of the molecule is CCc1oc(-c2ccc(C(F)(F)F)cc2)nc1CCOc1ccc2[nH]cc(CC(=O)O)c2c1. The first-order valence-electron chi connectivity index (χ1n) is 10.4. The van der Waals surface area contributed by atoms with Crippen LogP contribution in [-0.4, -0.2) is 27.7 Å². The number of hydrogen-bond acceptors (Lipinski definition) is 4. The Morgan fingerprint density at radius 1 is 1.18 bits per heavy atom. The van der Waals surface area contributed by atoms with E-state index in [2.05, 4.69) is 9.97 Å². The highest BCUT2D eigenvalue weighted by atomic mass is 19.4. The molecule has 0 aliphatic carbocycles. The molecule has 2 N–H and O–H groups in total. The van der Waals surface area contributed by atoms with Crippen LogP contribution in [0.3, 0.4) is 0 Å². The normalized spacial score (nSPS) is 11.8. The van der Waals surface area contributed by atoms with Crippen LogP contribution in [0.25, 0.3) is 22.4 Å². The third kappa shape index (κ3) is 5.02. The van der Waals surface area contributed by atoms with Gasteiger partial charge in [0.25, 0.3) is 0 Å². The summed E-state index contributed by atoms with van der Waals surface area (Å²) in [7, 11) is 0. The van der Waals surface area contributed by atoms with Gasteiger partial charge in [-0.2, -0.15) is 13.2 Å². The van der Waals surface area contributed by atoms with Crippen LogP contribution in [-0.2, 0) is 30.2 Å². The number of fused-ring (bicyclic) bond motifs is 1. The van der Waals surface area contributed by atoms with Gasteiger partial charge in [0.2, 0.25) is 5.89 Å². The predicted molar refractivity (Wildman–Crippen MR) is 115 cm³/mol. The number of carbonyl (C=O) groups is 1. The standard InChI is InChI=1S/C24H21F3N2O4/c1-2-21-20(29-23(33-21)14-3-5-16(6-4-14)24(25,26)27)9-10-32-17-7-8-19-18(12-17)15(13-28-19)11-22(30)31/h3-8,12-13,28H,2,9-11H2,1H3,(H,30,31). The molecular weight excluding hydrogens is 437 g/mol. The molecule has 0 spiro atoms. The van der Waals surface area contributed by atoms with Crippen molar-refractivity contribution < 1.29 is 32.2 Å². The number of aliphatic carboxylic acids is 1. The number of carboxylic acids is 1. The molecule has 0 radical (unpaired) electrons. The van der Waals surface area contributed by atoms with Crippen LogP contribution in [0.1, 0.15) is 29.5 Å². The van der Waals surface area contributed by atoms with Gasteiger partial charge in [-0.05, 0) is 48.0 Å². The van der Waals surface area contributed by atoms with Gasteiger partial charge in [0.15, 0.2) is 0 Å². The van der Waals surface area contributed by atoms with Crippen LogP contribution in [0, 0.1) is 0 Å². The van der Waals surface area contributed by atoms with Gasteiger partial charge in [0.05, 0.1) is 24.3 Å². The number of ether oxygens (including phenoxy) is 1. The Kier molecular flexibility index (Phi) is 6.13. The van der Waals surface area contributed by atoms with Gasteiger partial charge in [-0.3, -0.25) is 4.79 Å². The summed E-state index contributed by atoms with van der Waals surface area (Å²) in [5, 5.41) is 9.84. The van der Waals surface area contributed by atoms with Crippen LogP contribution < -0.4 is 4.74 Å². The number of carboxylic acid groups (broad SMARTS) is 1. The minimum atomic E-state index is -4.40. The first kappa shape index (κ1) is 22.4. The molecule has 0 fully saturated rings. The lowest BCUT2D eigenvalue weighted by molar-refractivity contribution is -0.138. The number of rotatable bonds is 8. The monoisotopic (exact) mass is 458 g/mol. The van der Waals surface area contributed by atoms with E-state index in [4.69, 9.17) is 14.3 Å². The number of oxazole rings is 1. The lowest BCUT2D eigenvalue weighted by atomic mass is 10.1. The lowest BCUT2D eigenvalue weighted by Crippen LogP contribution is -2.04. The van der Waals surface area contributed by atoms with Crippen molar-refractivity contribution in [2.45, 2.75) is 32.4 Å². The summed E-state index contributed by atoms with van der Waals surface area (Å²) in [6, 6.07) is 10.1. The molecule has 0 saturated heterocycles. The second-order valence-corrected chi connectivity index (χ2v) is 7.51. The molecule has 172 valence electrons. The van der Waals surface area contributed by atoms with Crippen molar-refractivity contribution in [1.29, 1.82) is 0 Å². The maximum atomic E-state index is 12.8. The zero-order chi connectivity index (χ0) is 23.6. The van der Waals surface area contributed by atoms with Gasteiger partial charge in [-0.15, -0.1) is 0 Å². The van der Waals surface area contributed by atoms with Crippen molar-refractivity contribution in [1.82, 2.24) is 9.97 Å². The molecule has 0 amide bonds. The lowest BCUT2D eigenvalue weighted by Gasteiger charge is -2.06. The Bertz CT molecular complexity index is 1270. The molecule has 33 heavy (non-hydrogen) atoms. The number of nitrogens with zero attached hydrogens (tertiary/aromatic N) is 1. The van der Waals surface area contributed by atoms with Gasteiger partial charge >= 0.3 is 12.1 Å². The molecule has 0 aliphatic heterocycles. The zero-order valence-electron chi connectivity index (χ0n) is 17.7. The first-order chi connectivity index (χ1) is 15.7.